The smallest absolute Gasteiger partial charge is 0.294 e. The zero-order valence-electron chi connectivity index (χ0n) is 17.7. The van der Waals surface area contributed by atoms with E-state index in [-0.39, 0.29) is 18.6 Å². The number of nitrogens with zero attached hydrogens (tertiary/aromatic N) is 5. The molecule has 1 aliphatic heterocycles. The largest absolute Gasteiger partial charge is 0.306 e. The minimum Gasteiger partial charge on any atom is -0.294 e. The second-order valence-corrected chi connectivity index (χ2v) is 8.65. The molecule has 1 amide bonds. The molecule has 168 valence electrons. The number of hydrogen-bond donors (Lipinski definition) is 0. The van der Waals surface area contributed by atoms with Crippen molar-refractivity contribution in [2.45, 2.75) is 50.2 Å². The van der Waals surface area contributed by atoms with E-state index >= 15 is 0 Å². The van der Waals surface area contributed by atoms with Gasteiger partial charge in [0.1, 0.15) is 6.42 Å². The van der Waals surface area contributed by atoms with Crippen molar-refractivity contribution in [1.29, 1.82) is 0 Å². The lowest BCUT2D eigenvalue weighted by molar-refractivity contribution is -0.132. The molecule has 3 heterocycles. The summed E-state index contributed by atoms with van der Waals surface area (Å²) >= 11 is 0. The summed E-state index contributed by atoms with van der Waals surface area (Å²) in [4.78, 5) is 33.8. The van der Waals surface area contributed by atoms with Gasteiger partial charge in [-0.25, -0.2) is 15.4 Å². The third kappa shape index (κ3) is 4.21. The van der Waals surface area contributed by atoms with Gasteiger partial charge in [0.15, 0.2) is 5.78 Å². The molecule has 2 aromatic heterocycles. The van der Waals surface area contributed by atoms with Crippen molar-refractivity contribution in [1.82, 2.24) is 19.7 Å². The van der Waals surface area contributed by atoms with E-state index < -0.39 is 31.0 Å². The van der Waals surface area contributed by atoms with Crippen molar-refractivity contribution in [3.05, 3.63) is 59.8 Å². The third-order valence-electron chi connectivity index (χ3n) is 6.18. The van der Waals surface area contributed by atoms with Gasteiger partial charge in [-0.05, 0) is 36.6 Å². The monoisotopic (exact) mass is 449 g/mol. The molecule has 1 atom stereocenters. The number of aromatic nitrogens is 3. The molecule has 3 aromatic rings. The Morgan fingerprint density at radius 3 is 2.76 bits per heavy atom. The molecule has 1 aliphatic carbocycles. The number of benzene rings is 1. The maximum absolute atomic E-state index is 13.6. The molecular formula is C24H21F2N5O2. The molecule has 0 spiro atoms. The average Bonchev–Trinajstić information content (AvgIpc) is 3.45. The van der Waals surface area contributed by atoms with Gasteiger partial charge < -0.3 is 0 Å². The van der Waals surface area contributed by atoms with Crippen molar-refractivity contribution in [3.63, 3.8) is 0 Å². The summed E-state index contributed by atoms with van der Waals surface area (Å²) in [6, 6.07) is 7.74. The highest BCUT2D eigenvalue weighted by atomic mass is 19.3. The van der Waals surface area contributed by atoms with E-state index in [0.717, 1.165) is 28.9 Å². The summed E-state index contributed by atoms with van der Waals surface area (Å²) in [6.45, 7) is 6.30. The van der Waals surface area contributed by atoms with Gasteiger partial charge in [0, 0.05) is 41.7 Å². The molecule has 1 aromatic carbocycles. The Morgan fingerprint density at radius 2 is 2.00 bits per heavy atom. The van der Waals surface area contributed by atoms with Crippen molar-refractivity contribution >= 4 is 22.6 Å². The predicted octanol–water partition coefficient (Wildman–Crippen LogP) is 4.51. The molecule has 1 saturated heterocycles. The standard InChI is InChI=1S/C24H21F2N5O2/c1-27-22-11-24(25,26)14-30(22)23(33)7-6-21(32)18-8-9-28-20-5-2-15(10-19(18)20)16-12-29-31(13-16)17-3-4-17/h2,5,8-10,12-13,17,22H,3-4,6-7,11,14H2/t22-/m0/s1. The number of amides is 1. The van der Waals surface area contributed by atoms with Crippen LogP contribution in [0.25, 0.3) is 26.9 Å². The Balaban J connectivity index is 1.34. The highest BCUT2D eigenvalue weighted by Gasteiger charge is 2.50. The van der Waals surface area contributed by atoms with Crippen LogP contribution in [-0.2, 0) is 4.79 Å². The number of carbonyl (C=O) groups is 2. The van der Waals surface area contributed by atoms with Crippen LogP contribution in [-0.4, -0.2) is 50.0 Å². The lowest BCUT2D eigenvalue weighted by Gasteiger charge is -2.16. The van der Waals surface area contributed by atoms with Crippen LogP contribution >= 0.6 is 0 Å². The molecule has 9 heteroatoms. The van der Waals surface area contributed by atoms with Crippen LogP contribution in [0.3, 0.4) is 0 Å². The SMILES string of the molecule is [C-]#[N+][C@@H]1CC(F)(F)CN1C(=O)CCC(=O)c1ccnc2ccc(-c3cnn(C4CC4)c3)cc12. The van der Waals surface area contributed by atoms with Crippen LogP contribution in [0.5, 0.6) is 0 Å². The first-order chi connectivity index (χ1) is 15.8. The quantitative estimate of drug-likeness (QED) is 0.410. The second-order valence-electron chi connectivity index (χ2n) is 8.65. The summed E-state index contributed by atoms with van der Waals surface area (Å²) in [7, 11) is 0. The molecule has 7 nitrogen and oxygen atoms in total. The van der Waals surface area contributed by atoms with Crippen molar-refractivity contribution in [2.75, 3.05) is 6.54 Å². The Morgan fingerprint density at radius 1 is 1.18 bits per heavy atom. The van der Waals surface area contributed by atoms with Gasteiger partial charge >= 0.3 is 6.17 Å². The van der Waals surface area contributed by atoms with Crippen LogP contribution in [0, 0.1) is 6.57 Å². The molecule has 0 radical (unpaired) electrons. The molecular weight excluding hydrogens is 428 g/mol. The van der Waals surface area contributed by atoms with Crippen LogP contribution in [0.2, 0.25) is 0 Å². The molecule has 2 aliphatic rings. The summed E-state index contributed by atoms with van der Waals surface area (Å²) < 4.78 is 29.2. The number of halogens is 2. The maximum Gasteiger partial charge on any atom is 0.306 e. The summed E-state index contributed by atoms with van der Waals surface area (Å²) in [5, 5.41) is 5.08. The van der Waals surface area contributed by atoms with Gasteiger partial charge in [-0.2, -0.15) is 5.10 Å². The van der Waals surface area contributed by atoms with Gasteiger partial charge in [0.2, 0.25) is 5.91 Å². The van der Waals surface area contributed by atoms with E-state index in [9.17, 15) is 18.4 Å². The number of carbonyl (C=O) groups excluding carboxylic acids is 2. The lowest BCUT2D eigenvalue weighted by atomic mass is 9.99. The second kappa shape index (κ2) is 8.03. The Hall–Kier alpha value is -3.67. The van der Waals surface area contributed by atoms with Crippen molar-refractivity contribution in [2.24, 2.45) is 0 Å². The number of alkyl halides is 2. The molecule has 0 bridgehead atoms. The summed E-state index contributed by atoms with van der Waals surface area (Å²) in [5.74, 6) is -3.94. The van der Waals surface area contributed by atoms with Crippen molar-refractivity contribution in [3.8, 4) is 11.1 Å². The van der Waals surface area contributed by atoms with Crippen LogP contribution in [0.1, 0.15) is 48.5 Å². The van der Waals surface area contributed by atoms with Crippen LogP contribution in [0.4, 0.5) is 8.78 Å². The van der Waals surface area contributed by atoms with Crippen LogP contribution < -0.4 is 0 Å². The van der Waals surface area contributed by atoms with E-state index in [4.69, 9.17) is 6.57 Å². The first-order valence-corrected chi connectivity index (χ1v) is 10.8. The number of hydrogen-bond acceptors (Lipinski definition) is 4. The van der Waals surface area contributed by atoms with Gasteiger partial charge in [-0.3, -0.25) is 29.0 Å². The highest BCUT2D eigenvalue weighted by Crippen LogP contribution is 2.36. The van der Waals surface area contributed by atoms with Crippen LogP contribution in [0.15, 0.2) is 42.9 Å². The number of rotatable bonds is 6. The molecule has 2 fully saturated rings. The lowest BCUT2D eigenvalue weighted by Crippen LogP contribution is -2.35. The average molecular weight is 449 g/mol. The zero-order valence-corrected chi connectivity index (χ0v) is 17.7. The minimum atomic E-state index is -3.07. The number of ketones is 1. The van der Waals surface area contributed by atoms with E-state index in [1.807, 2.05) is 29.1 Å². The highest BCUT2D eigenvalue weighted by molar-refractivity contribution is 6.08. The Bertz CT molecular complexity index is 1290. The van der Waals surface area contributed by atoms with Crippen molar-refractivity contribution < 1.29 is 18.4 Å². The Kier molecular flexibility index (Phi) is 5.16. The van der Waals surface area contributed by atoms with E-state index in [1.54, 1.807) is 12.3 Å². The first-order valence-electron chi connectivity index (χ1n) is 10.8. The zero-order chi connectivity index (χ0) is 23.2. The van der Waals surface area contributed by atoms with Gasteiger partial charge in [-0.15, -0.1) is 0 Å². The molecule has 0 N–H and O–H groups in total. The van der Waals surface area contributed by atoms with Gasteiger partial charge in [-0.1, -0.05) is 6.07 Å². The predicted molar refractivity (Wildman–Crippen MR) is 116 cm³/mol. The summed E-state index contributed by atoms with van der Waals surface area (Å²) in [5.41, 5.74) is 2.93. The topological polar surface area (TPSA) is 72.5 Å². The van der Waals surface area contributed by atoms with E-state index in [0.29, 0.717) is 22.5 Å². The van der Waals surface area contributed by atoms with Gasteiger partial charge in [0.25, 0.3) is 5.92 Å². The minimum absolute atomic E-state index is 0.130. The summed E-state index contributed by atoms with van der Waals surface area (Å²) in [6.07, 6.45) is 5.40. The molecule has 1 saturated carbocycles. The normalized spacial score (nSPS) is 19.5. The third-order valence-corrected chi connectivity index (χ3v) is 6.18. The van der Waals surface area contributed by atoms with Gasteiger partial charge in [0.05, 0.1) is 24.3 Å². The maximum atomic E-state index is 13.6. The number of likely N-dealkylation sites (tertiary alicyclic amines) is 1. The number of pyridine rings is 1. The van der Waals surface area contributed by atoms with E-state index in [2.05, 4.69) is 14.9 Å². The Labute approximate surface area is 188 Å². The molecule has 5 rings (SSSR count). The fourth-order valence-corrected chi connectivity index (χ4v) is 4.26. The molecule has 0 unspecified atom stereocenters. The first kappa shape index (κ1) is 21.2. The number of fused-ring (bicyclic) bond motifs is 1. The fourth-order valence-electron chi connectivity index (χ4n) is 4.26. The van der Waals surface area contributed by atoms with E-state index in [1.165, 1.54) is 6.20 Å². The molecule has 33 heavy (non-hydrogen) atoms. The number of Topliss-reactive ketones (excluding diaryl/α,β-unsaturated/α-hetero) is 1. The fraction of sp³-hybridized carbons (Fsp3) is 0.375.